The number of piperidine rings is 1. The summed E-state index contributed by atoms with van der Waals surface area (Å²) in [6, 6.07) is 0. The van der Waals surface area contributed by atoms with Crippen LogP contribution >= 0.6 is 24.0 Å². The highest BCUT2D eigenvalue weighted by molar-refractivity contribution is 14.0. The highest BCUT2D eigenvalue weighted by Gasteiger charge is 2.28. The van der Waals surface area contributed by atoms with Gasteiger partial charge in [0.25, 0.3) is 0 Å². The van der Waals surface area contributed by atoms with Gasteiger partial charge in [-0.05, 0) is 46.5 Å². The number of nitrogens with zero attached hydrogens (tertiary/aromatic N) is 4. The summed E-state index contributed by atoms with van der Waals surface area (Å²) in [5, 5.41) is 3.37. The maximum Gasteiger partial charge on any atom is 0.410 e. The molecule has 9 heteroatoms. The van der Waals surface area contributed by atoms with Crippen LogP contribution in [0.1, 0.15) is 47.5 Å². The van der Waals surface area contributed by atoms with Gasteiger partial charge in [-0.1, -0.05) is 0 Å². The molecular formula is C20H38IN5O3. The van der Waals surface area contributed by atoms with Crippen molar-refractivity contribution in [1.82, 2.24) is 20.0 Å². The van der Waals surface area contributed by atoms with Gasteiger partial charge < -0.3 is 24.8 Å². The smallest absolute Gasteiger partial charge is 0.410 e. The number of carbonyl (C=O) groups excluding carboxylic acids is 2. The Labute approximate surface area is 192 Å². The minimum Gasteiger partial charge on any atom is -0.444 e. The van der Waals surface area contributed by atoms with Crippen LogP contribution < -0.4 is 5.32 Å². The number of aliphatic imine (C=N–C) groups is 1. The Balaban J connectivity index is 0.00000420. The van der Waals surface area contributed by atoms with Gasteiger partial charge in [0.2, 0.25) is 5.91 Å². The highest BCUT2D eigenvalue weighted by atomic mass is 127. The Morgan fingerprint density at radius 1 is 1.07 bits per heavy atom. The third-order valence-electron chi connectivity index (χ3n) is 5.03. The van der Waals surface area contributed by atoms with Crippen molar-refractivity contribution in [3.05, 3.63) is 0 Å². The normalized spacial score (nSPS) is 20.8. The highest BCUT2D eigenvalue weighted by Crippen LogP contribution is 2.20. The molecule has 2 aliphatic rings. The van der Waals surface area contributed by atoms with E-state index in [1.165, 1.54) is 0 Å². The second-order valence-electron chi connectivity index (χ2n) is 8.62. The molecule has 2 rings (SSSR count). The molecule has 1 unspecified atom stereocenters. The minimum atomic E-state index is -0.470. The van der Waals surface area contributed by atoms with Crippen molar-refractivity contribution in [3.8, 4) is 0 Å². The molecule has 8 nitrogen and oxygen atoms in total. The van der Waals surface area contributed by atoms with Gasteiger partial charge in [0.15, 0.2) is 5.96 Å². The molecule has 0 saturated carbocycles. The molecule has 0 aromatic carbocycles. The van der Waals surface area contributed by atoms with Crippen molar-refractivity contribution in [2.75, 3.05) is 52.4 Å². The first-order valence-corrected chi connectivity index (χ1v) is 10.5. The van der Waals surface area contributed by atoms with Crippen LogP contribution in [0.2, 0.25) is 0 Å². The number of hydrogen-bond donors (Lipinski definition) is 1. The lowest BCUT2D eigenvalue weighted by molar-refractivity contribution is -0.130. The maximum atomic E-state index is 12.3. The molecule has 1 N–H and O–H groups in total. The zero-order chi connectivity index (χ0) is 20.7. The van der Waals surface area contributed by atoms with Crippen molar-refractivity contribution in [2.45, 2.75) is 53.1 Å². The number of likely N-dealkylation sites (tertiary alicyclic amines) is 1. The largest absolute Gasteiger partial charge is 0.444 e. The van der Waals surface area contributed by atoms with Crippen molar-refractivity contribution >= 4 is 41.9 Å². The predicted molar refractivity (Wildman–Crippen MR) is 126 cm³/mol. The molecule has 0 aromatic heterocycles. The Morgan fingerprint density at radius 2 is 1.69 bits per heavy atom. The minimum absolute atomic E-state index is 0. The molecule has 2 amide bonds. The van der Waals surface area contributed by atoms with Crippen LogP contribution in [0.5, 0.6) is 0 Å². The van der Waals surface area contributed by atoms with Crippen LogP contribution in [0.15, 0.2) is 4.99 Å². The first-order chi connectivity index (χ1) is 13.2. The molecule has 1 atom stereocenters. The van der Waals surface area contributed by atoms with E-state index >= 15 is 0 Å². The van der Waals surface area contributed by atoms with Crippen LogP contribution in [-0.2, 0) is 9.53 Å². The number of amides is 2. The summed E-state index contributed by atoms with van der Waals surface area (Å²) in [7, 11) is 0. The monoisotopic (exact) mass is 523 g/mol. The van der Waals surface area contributed by atoms with Gasteiger partial charge in [-0.15, -0.1) is 24.0 Å². The number of halogens is 1. The lowest BCUT2D eigenvalue weighted by Gasteiger charge is -2.36. The molecule has 0 spiro atoms. The van der Waals surface area contributed by atoms with Crippen molar-refractivity contribution in [1.29, 1.82) is 0 Å². The standard InChI is InChI=1S/C20H37N5O3.HI/c1-6-21-18(24-12-10-23(11-13-24)16(2)26)22-14-17-8-7-9-25(15-17)19(27)28-20(3,4)5;/h17H,6-15H2,1-5H3,(H,21,22);1H. The first kappa shape index (κ1) is 25.8. The van der Waals surface area contributed by atoms with E-state index in [0.29, 0.717) is 19.0 Å². The Bertz CT molecular complexity index is 571. The van der Waals surface area contributed by atoms with E-state index in [9.17, 15) is 9.59 Å². The summed E-state index contributed by atoms with van der Waals surface area (Å²) < 4.78 is 5.51. The van der Waals surface area contributed by atoms with E-state index < -0.39 is 5.60 Å². The molecule has 0 aromatic rings. The predicted octanol–water partition coefficient (Wildman–Crippen LogP) is 2.38. The quantitative estimate of drug-likeness (QED) is 0.349. The molecule has 168 valence electrons. The molecular weight excluding hydrogens is 485 g/mol. The van der Waals surface area contributed by atoms with E-state index in [1.54, 1.807) is 6.92 Å². The van der Waals surface area contributed by atoms with Crippen molar-refractivity contribution < 1.29 is 14.3 Å². The third kappa shape index (κ3) is 8.55. The number of carbonyl (C=O) groups is 2. The van der Waals surface area contributed by atoms with Crippen LogP contribution in [0.4, 0.5) is 4.79 Å². The lowest BCUT2D eigenvalue weighted by atomic mass is 9.98. The Hall–Kier alpha value is -1.26. The average Bonchev–Trinajstić information content (AvgIpc) is 2.64. The van der Waals surface area contributed by atoms with E-state index in [4.69, 9.17) is 9.73 Å². The van der Waals surface area contributed by atoms with Crippen molar-refractivity contribution in [3.63, 3.8) is 0 Å². The van der Waals surface area contributed by atoms with E-state index in [2.05, 4.69) is 17.1 Å². The first-order valence-electron chi connectivity index (χ1n) is 10.5. The van der Waals surface area contributed by atoms with E-state index in [0.717, 1.165) is 58.1 Å². The van der Waals surface area contributed by atoms with Crippen molar-refractivity contribution in [2.24, 2.45) is 10.9 Å². The van der Waals surface area contributed by atoms with Crippen LogP contribution in [0.3, 0.4) is 0 Å². The van der Waals surface area contributed by atoms with E-state index in [-0.39, 0.29) is 36.0 Å². The molecule has 2 aliphatic heterocycles. The van der Waals surface area contributed by atoms with Crippen LogP contribution in [0, 0.1) is 5.92 Å². The van der Waals surface area contributed by atoms with Gasteiger partial charge in [0.05, 0.1) is 0 Å². The van der Waals surface area contributed by atoms with Gasteiger partial charge in [-0.3, -0.25) is 9.79 Å². The number of guanidine groups is 1. The van der Waals surface area contributed by atoms with E-state index in [1.807, 2.05) is 30.6 Å². The molecule has 2 saturated heterocycles. The zero-order valence-electron chi connectivity index (χ0n) is 18.6. The number of rotatable bonds is 3. The van der Waals surface area contributed by atoms with Gasteiger partial charge in [0, 0.05) is 59.3 Å². The number of ether oxygens (including phenoxy) is 1. The molecule has 29 heavy (non-hydrogen) atoms. The fourth-order valence-electron chi connectivity index (χ4n) is 3.58. The average molecular weight is 523 g/mol. The fourth-order valence-corrected chi connectivity index (χ4v) is 3.58. The Kier molecular flexibility index (Phi) is 10.5. The summed E-state index contributed by atoms with van der Waals surface area (Å²) in [5.41, 5.74) is -0.470. The number of hydrogen-bond acceptors (Lipinski definition) is 4. The molecule has 0 radical (unpaired) electrons. The van der Waals surface area contributed by atoms with Crippen LogP contribution in [0.25, 0.3) is 0 Å². The SMILES string of the molecule is CCNC(=NCC1CCCN(C(=O)OC(C)(C)C)C1)N1CCN(C(C)=O)CC1.I. The van der Waals surface area contributed by atoms with Gasteiger partial charge in [0.1, 0.15) is 5.60 Å². The topological polar surface area (TPSA) is 77.5 Å². The molecule has 2 fully saturated rings. The number of piperazine rings is 1. The second kappa shape index (κ2) is 11.8. The van der Waals surface area contributed by atoms with Crippen LogP contribution in [-0.4, -0.2) is 90.6 Å². The molecule has 0 bridgehead atoms. The zero-order valence-corrected chi connectivity index (χ0v) is 20.9. The number of nitrogens with one attached hydrogen (secondary N) is 1. The summed E-state index contributed by atoms with van der Waals surface area (Å²) in [5.74, 6) is 1.37. The Morgan fingerprint density at radius 3 is 2.24 bits per heavy atom. The van der Waals surface area contributed by atoms with Gasteiger partial charge in [-0.2, -0.15) is 0 Å². The lowest BCUT2D eigenvalue weighted by Crippen LogP contribution is -2.53. The molecule has 0 aliphatic carbocycles. The summed E-state index contributed by atoms with van der Waals surface area (Å²) >= 11 is 0. The second-order valence-corrected chi connectivity index (χ2v) is 8.62. The van der Waals surface area contributed by atoms with Gasteiger partial charge >= 0.3 is 6.09 Å². The summed E-state index contributed by atoms with van der Waals surface area (Å²) in [6.07, 6.45) is 1.82. The summed E-state index contributed by atoms with van der Waals surface area (Å²) in [4.78, 5) is 34.6. The van der Waals surface area contributed by atoms with Gasteiger partial charge in [-0.25, -0.2) is 4.79 Å². The maximum absolute atomic E-state index is 12.3. The summed E-state index contributed by atoms with van der Waals surface area (Å²) in [6.45, 7) is 15.3. The fraction of sp³-hybridized carbons (Fsp3) is 0.850. The molecule has 2 heterocycles. The third-order valence-corrected chi connectivity index (χ3v) is 5.03.